The molecule has 1 amide bonds. The number of hydrogen-bond donors (Lipinski definition) is 0. The number of carbonyl (C=O) groups excluding carboxylic acids is 1. The van der Waals surface area contributed by atoms with Gasteiger partial charge in [0.25, 0.3) is 0 Å². The minimum absolute atomic E-state index is 0.0111. The normalized spacial score (nSPS) is 26.9. The van der Waals surface area contributed by atoms with Crippen LogP contribution in [0.2, 0.25) is 0 Å². The zero-order chi connectivity index (χ0) is 19.9. The van der Waals surface area contributed by atoms with Crippen LogP contribution in [0.4, 0.5) is 0 Å². The molecule has 0 bridgehead atoms. The van der Waals surface area contributed by atoms with Crippen molar-refractivity contribution < 1.29 is 9.21 Å². The Balaban J connectivity index is 1.42. The topological polar surface area (TPSA) is 59.2 Å². The van der Waals surface area contributed by atoms with Crippen molar-refractivity contribution in [2.45, 2.75) is 108 Å². The molecule has 4 rings (SSSR count). The number of rotatable bonds is 3. The van der Waals surface area contributed by atoms with E-state index in [2.05, 4.69) is 27.2 Å². The highest BCUT2D eigenvalue weighted by molar-refractivity contribution is 5.79. The van der Waals surface area contributed by atoms with E-state index in [-0.39, 0.29) is 12.0 Å². The number of nitrogens with zero attached hydrogens (tertiary/aromatic N) is 3. The summed E-state index contributed by atoms with van der Waals surface area (Å²) in [6, 6.07) is -0.0111. The van der Waals surface area contributed by atoms with E-state index in [0.29, 0.717) is 17.7 Å². The summed E-state index contributed by atoms with van der Waals surface area (Å²) in [5.41, 5.74) is 0. The van der Waals surface area contributed by atoms with Crippen molar-refractivity contribution in [3.05, 3.63) is 23.9 Å². The number of aromatic nitrogens is 2. The fraction of sp³-hybridized carbons (Fsp3) is 0.792. The zero-order valence-electron chi connectivity index (χ0n) is 17.9. The first-order valence-corrected chi connectivity index (χ1v) is 12.1. The van der Waals surface area contributed by atoms with Crippen molar-refractivity contribution in [1.82, 2.24) is 15.1 Å². The van der Waals surface area contributed by atoms with Crippen molar-refractivity contribution in [1.29, 1.82) is 0 Å². The first-order chi connectivity index (χ1) is 14.3. The third kappa shape index (κ3) is 5.29. The summed E-state index contributed by atoms with van der Waals surface area (Å²) < 4.78 is 6.21. The lowest BCUT2D eigenvalue weighted by molar-refractivity contribution is -0.137. The Morgan fingerprint density at radius 2 is 1.45 bits per heavy atom. The molecule has 1 atom stereocenters. The maximum Gasteiger partial charge on any atom is 0.238 e. The summed E-state index contributed by atoms with van der Waals surface area (Å²) in [5.74, 6) is 2.37. The molecule has 5 heteroatoms. The van der Waals surface area contributed by atoms with Gasteiger partial charge in [-0.05, 0) is 64.2 Å². The summed E-state index contributed by atoms with van der Waals surface area (Å²) in [6.45, 7) is 0.833. The molecule has 0 aromatic carbocycles. The average Bonchev–Trinajstić information content (AvgIpc) is 3.38. The Hall–Kier alpha value is -1.65. The molecule has 29 heavy (non-hydrogen) atoms. The second-order valence-electron chi connectivity index (χ2n) is 9.24. The van der Waals surface area contributed by atoms with Crippen LogP contribution < -0.4 is 0 Å². The van der Waals surface area contributed by atoms with E-state index in [9.17, 15) is 4.79 Å². The van der Waals surface area contributed by atoms with Crippen molar-refractivity contribution >= 4 is 5.91 Å². The summed E-state index contributed by atoms with van der Waals surface area (Å²) in [7, 11) is 0. The fourth-order valence-corrected chi connectivity index (χ4v) is 5.36. The molecule has 3 aliphatic rings. The molecule has 0 N–H and O–H groups in total. The van der Waals surface area contributed by atoms with Crippen molar-refractivity contribution in [2.75, 3.05) is 6.54 Å². The Morgan fingerprint density at radius 1 is 0.793 bits per heavy atom. The summed E-state index contributed by atoms with van der Waals surface area (Å²) >= 11 is 0. The lowest BCUT2D eigenvalue weighted by atomic mass is 9.91. The maximum absolute atomic E-state index is 13.4. The Kier molecular flexibility index (Phi) is 7.39. The molecule has 1 aromatic rings. The van der Waals surface area contributed by atoms with Crippen LogP contribution in [-0.4, -0.2) is 27.5 Å². The Bertz CT molecular complexity index is 663. The van der Waals surface area contributed by atoms with Crippen molar-refractivity contribution in [3.63, 3.8) is 0 Å². The van der Waals surface area contributed by atoms with Crippen LogP contribution in [0.15, 0.2) is 16.6 Å². The van der Waals surface area contributed by atoms with Crippen LogP contribution in [0, 0.1) is 5.92 Å². The van der Waals surface area contributed by atoms with Gasteiger partial charge in [0.15, 0.2) is 0 Å². The van der Waals surface area contributed by atoms with Crippen LogP contribution in [0.3, 0.4) is 0 Å². The standard InChI is InChI=1S/C24H37N3O2/c28-24(20-15-10-4-1-2-5-11-16-20)27-18-12-17-21(27)23-26-25-22(29-23)19-13-8-6-3-7-9-14-19/h1-2,19-21H,3-18H2/b2-1-/t21-/m0/s1. The van der Waals surface area contributed by atoms with Gasteiger partial charge in [0, 0.05) is 18.4 Å². The van der Waals surface area contributed by atoms with Gasteiger partial charge in [-0.25, -0.2) is 0 Å². The van der Waals surface area contributed by atoms with Crippen molar-refractivity contribution in [3.8, 4) is 0 Å². The number of carbonyl (C=O) groups is 1. The zero-order valence-corrected chi connectivity index (χ0v) is 17.9. The van der Waals surface area contributed by atoms with Crippen LogP contribution in [0.25, 0.3) is 0 Å². The number of amides is 1. The number of hydrogen-bond acceptors (Lipinski definition) is 4. The van der Waals surface area contributed by atoms with Crippen LogP contribution in [-0.2, 0) is 4.79 Å². The van der Waals surface area contributed by atoms with E-state index >= 15 is 0 Å². The molecule has 1 saturated heterocycles. The van der Waals surface area contributed by atoms with Gasteiger partial charge < -0.3 is 9.32 Å². The van der Waals surface area contributed by atoms with Crippen molar-refractivity contribution in [2.24, 2.45) is 5.92 Å². The average molecular weight is 400 g/mol. The molecule has 160 valence electrons. The lowest BCUT2D eigenvalue weighted by Gasteiger charge is -2.27. The molecule has 2 aliphatic carbocycles. The van der Waals surface area contributed by atoms with E-state index in [1.807, 2.05) is 0 Å². The molecule has 2 heterocycles. The van der Waals surface area contributed by atoms with E-state index in [1.54, 1.807) is 0 Å². The van der Waals surface area contributed by atoms with E-state index in [4.69, 9.17) is 4.42 Å². The largest absolute Gasteiger partial charge is 0.423 e. The lowest BCUT2D eigenvalue weighted by Crippen LogP contribution is -2.36. The van der Waals surface area contributed by atoms with Gasteiger partial charge in [0.1, 0.15) is 6.04 Å². The van der Waals surface area contributed by atoms with Gasteiger partial charge in [-0.2, -0.15) is 0 Å². The van der Waals surface area contributed by atoms with Gasteiger partial charge in [-0.15, -0.1) is 10.2 Å². The maximum atomic E-state index is 13.4. The monoisotopic (exact) mass is 399 g/mol. The predicted molar refractivity (Wildman–Crippen MR) is 113 cm³/mol. The molecule has 1 aliphatic heterocycles. The van der Waals surface area contributed by atoms with Gasteiger partial charge in [-0.3, -0.25) is 4.79 Å². The van der Waals surface area contributed by atoms with Gasteiger partial charge in [0.05, 0.1) is 0 Å². The third-order valence-corrected chi connectivity index (χ3v) is 7.09. The van der Waals surface area contributed by atoms with Gasteiger partial charge >= 0.3 is 0 Å². The molecule has 1 saturated carbocycles. The Labute approximate surface area is 175 Å². The second kappa shape index (κ2) is 10.4. The minimum atomic E-state index is -0.0111. The molecule has 0 unspecified atom stereocenters. The quantitative estimate of drug-likeness (QED) is 0.577. The van der Waals surface area contributed by atoms with Gasteiger partial charge in [0.2, 0.25) is 17.7 Å². The van der Waals surface area contributed by atoms with Gasteiger partial charge in [-0.1, -0.05) is 44.3 Å². The molecule has 1 aromatic heterocycles. The first kappa shape index (κ1) is 20.6. The predicted octanol–water partition coefficient (Wildman–Crippen LogP) is 6.09. The second-order valence-corrected chi connectivity index (χ2v) is 9.24. The Morgan fingerprint density at radius 3 is 2.17 bits per heavy atom. The first-order valence-electron chi connectivity index (χ1n) is 12.1. The highest BCUT2D eigenvalue weighted by Crippen LogP contribution is 2.36. The molecular formula is C24H37N3O2. The van der Waals surface area contributed by atoms with Crippen LogP contribution >= 0.6 is 0 Å². The SMILES string of the molecule is O=C(C1CCC/C=C\CCC1)N1CCC[C@H]1c1nnc(C2CCCCCCC2)o1. The molecular weight excluding hydrogens is 362 g/mol. The summed E-state index contributed by atoms with van der Waals surface area (Å²) in [6.07, 6.45) is 21.8. The number of allylic oxidation sites excluding steroid dienone is 2. The molecule has 0 radical (unpaired) electrons. The molecule has 5 nitrogen and oxygen atoms in total. The third-order valence-electron chi connectivity index (χ3n) is 7.09. The fourth-order valence-electron chi connectivity index (χ4n) is 5.36. The smallest absolute Gasteiger partial charge is 0.238 e. The highest BCUT2D eigenvalue weighted by Gasteiger charge is 2.37. The van der Waals surface area contributed by atoms with E-state index in [1.165, 1.54) is 32.1 Å². The minimum Gasteiger partial charge on any atom is -0.423 e. The van der Waals surface area contributed by atoms with E-state index < -0.39 is 0 Å². The molecule has 0 spiro atoms. The molecule has 2 fully saturated rings. The summed E-state index contributed by atoms with van der Waals surface area (Å²) in [5, 5.41) is 8.87. The summed E-state index contributed by atoms with van der Waals surface area (Å²) in [4.78, 5) is 15.4. The van der Waals surface area contributed by atoms with E-state index in [0.717, 1.165) is 76.6 Å². The van der Waals surface area contributed by atoms with Crippen LogP contribution in [0.1, 0.15) is 120 Å². The number of likely N-dealkylation sites (tertiary alicyclic amines) is 1. The highest BCUT2D eigenvalue weighted by atomic mass is 16.4. The van der Waals surface area contributed by atoms with Crippen LogP contribution in [0.5, 0.6) is 0 Å².